The van der Waals surface area contributed by atoms with Crippen molar-refractivity contribution in [2.24, 2.45) is 4.99 Å². The van der Waals surface area contributed by atoms with Crippen LogP contribution in [0.3, 0.4) is 0 Å². The van der Waals surface area contributed by atoms with Crippen LogP contribution in [0.5, 0.6) is 5.75 Å². The van der Waals surface area contributed by atoms with E-state index in [0.29, 0.717) is 31.5 Å². The lowest BCUT2D eigenvalue weighted by Crippen LogP contribution is -2.39. The van der Waals surface area contributed by atoms with Crippen LogP contribution in [0.1, 0.15) is 18.4 Å². The van der Waals surface area contributed by atoms with E-state index in [-0.39, 0.29) is 24.0 Å². The van der Waals surface area contributed by atoms with Crippen molar-refractivity contribution in [2.75, 3.05) is 19.7 Å². The fourth-order valence-electron chi connectivity index (χ4n) is 2.58. The maximum Gasteiger partial charge on any atom is 0.216 e. The summed E-state index contributed by atoms with van der Waals surface area (Å²) in [6.45, 7) is 6.40. The number of halogens is 1. The summed E-state index contributed by atoms with van der Waals surface area (Å²) >= 11 is 0. The Labute approximate surface area is 188 Å². The summed E-state index contributed by atoms with van der Waals surface area (Å²) in [5.41, 5.74) is 2.22. The van der Waals surface area contributed by atoms with Gasteiger partial charge in [0.1, 0.15) is 18.9 Å². The van der Waals surface area contributed by atoms with Crippen molar-refractivity contribution in [3.63, 3.8) is 0 Å². The molecule has 0 aliphatic rings. The minimum absolute atomic E-state index is 0. The van der Waals surface area contributed by atoms with Crippen LogP contribution in [-0.4, -0.2) is 30.6 Å². The molecule has 0 spiro atoms. The average Bonchev–Trinajstić information content (AvgIpc) is 3.19. The molecule has 0 amide bonds. The lowest BCUT2D eigenvalue weighted by molar-refractivity contribution is 0.322. The Balaban J connectivity index is 0.00000300. The molecule has 0 fully saturated rings. The van der Waals surface area contributed by atoms with Gasteiger partial charge in [-0.15, -0.1) is 24.0 Å². The summed E-state index contributed by atoms with van der Waals surface area (Å²) in [6.07, 6.45) is 1.74. The van der Waals surface area contributed by atoms with Gasteiger partial charge in [0.25, 0.3) is 0 Å². The lowest BCUT2D eigenvalue weighted by atomic mass is 10.1. The molecule has 3 aromatic rings. The number of nitrogens with zero attached hydrogens (tertiary/aromatic N) is 2. The highest BCUT2D eigenvalue weighted by molar-refractivity contribution is 14.0. The molecule has 29 heavy (non-hydrogen) atoms. The monoisotopic (exact) mass is 506 g/mol. The molecular weight excluding hydrogens is 479 g/mol. The van der Waals surface area contributed by atoms with Crippen LogP contribution in [0.15, 0.2) is 70.2 Å². The molecule has 0 aliphatic heterocycles. The second-order valence-electron chi connectivity index (χ2n) is 6.27. The average molecular weight is 506 g/mol. The van der Waals surface area contributed by atoms with Gasteiger partial charge < -0.3 is 19.8 Å². The fourth-order valence-corrected chi connectivity index (χ4v) is 2.58. The molecule has 0 radical (unpaired) electrons. The van der Waals surface area contributed by atoms with Crippen molar-refractivity contribution in [1.82, 2.24) is 15.6 Å². The zero-order valence-electron chi connectivity index (χ0n) is 16.7. The predicted molar refractivity (Wildman–Crippen MR) is 127 cm³/mol. The SMILES string of the molecule is CCNC(=NCc1ncc(-c2ccc(C)cc2)o1)NCCOc1ccccc1.I. The normalized spacial score (nSPS) is 10.9. The van der Waals surface area contributed by atoms with Crippen LogP contribution in [0.4, 0.5) is 0 Å². The Hall–Kier alpha value is -2.55. The first-order valence-electron chi connectivity index (χ1n) is 9.46. The number of para-hydroxylation sites is 1. The predicted octanol–water partition coefficient (Wildman–Crippen LogP) is 4.40. The number of aromatic nitrogens is 1. The van der Waals surface area contributed by atoms with Crippen LogP contribution in [-0.2, 0) is 6.54 Å². The van der Waals surface area contributed by atoms with Gasteiger partial charge in [0.15, 0.2) is 11.7 Å². The first-order valence-corrected chi connectivity index (χ1v) is 9.46. The molecule has 154 valence electrons. The minimum atomic E-state index is 0. The highest BCUT2D eigenvalue weighted by Gasteiger charge is 2.06. The van der Waals surface area contributed by atoms with Crippen molar-refractivity contribution < 1.29 is 9.15 Å². The number of aliphatic imine (C=N–C) groups is 1. The van der Waals surface area contributed by atoms with Crippen molar-refractivity contribution in [1.29, 1.82) is 0 Å². The highest BCUT2D eigenvalue weighted by atomic mass is 127. The number of oxazole rings is 1. The first-order chi connectivity index (χ1) is 13.7. The molecule has 2 N–H and O–H groups in total. The van der Waals surface area contributed by atoms with E-state index in [0.717, 1.165) is 23.6 Å². The maximum absolute atomic E-state index is 5.82. The van der Waals surface area contributed by atoms with Gasteiger partial charge in [0, 0.05) is 12.1 Å². The number of guanidine groups is 1. The Morgan fingerprint density at radius 2 is 1.83 bits per heavy atom. The number of benzene rings is 2. The molecule has 2 aromatic carbocycles. The van der Waals surface area contributed by atoms with Crippen LogP contribution < -0.4 is 15.4 Å². The molecule has 1 aromatic heterocycles. The fraction of sp³-hybridized carbons (Fsp3) is 0.273. The number of aryl methyl sites for hydroxylation is 1. The summed E-state index contributed by atoms with van der Waals surface area (Å²) in [7, 11) is 0. The van der Waals surface area contributed by atoms with Crippen LogP contribution in [0, 0.1) is 6.92 Å². The van der Waals surface area contributed by atoms with Gasteiger partial charge in [-0.3, -0.25) is 0 Å². The van der Waals surface area contributed by atoms with Gasteiger partial charge in [-0.05, 0) is 26.0 Å². The van der Waals surface area contributed by atoms with Crippen molar-refractivity contribution in [2.45, 2.75) is 20.4 Å². The molecule has 3 rings (SSSR count). The van der Waals surface area contributed by atoms with E-state index < -0.39 is 0 Å². The number of nitrogens with one attached hydrogen (secondary N) is 2. The summed E-state index contributed by atoms with van der Waals surface area (Å²) in [5.74, 6) is 2.89. The van der Waals surface area contributed by atoms with E-state index in [1.807, 2.05) is 49.4 Å². The van der Waals surface area contributed by atoms with E-state index >= 15 is 0 Å². The quantitative estimate of drug-likeness (QED) is 0.205. The maximum atomic E-state index is 5.82. The topological polar surface area (TPSA) is 71.7 Å². The Morgan fingerprint density at radius 1 is 1.07 bits per heavy atom. The summed E-state index contributed by atoms with van der Waals surface area (Å²) < 4.78 is 11.5. The molecule has 7 heteroatoms. The number of ether oxygens (including phenoxy) is 1. The standard InChI is InChI=1S/C22H26N4O2.HI/c1-3-23-22(24-13-14-27-19-7-5-4-6-8-19)26-16-21-25-15-20(28-21)18-11-9-17(2)10-12-18;/h4-12,15H,3,13-14,16H2,1-2H3,(H2,23,24,26);1H. The zero-order chi connectivity index (χ0) is 19.6. The Bertz CT molecular complexity index is 879. The van der Waals surface area contributed by atoms with E-state index in [1.54, 1.807) is 6.20 Å². The van der Waals surface area contributed by atoms with Crippen molar-refractivity contribution in [3.05, 3.63) is 72.2 Å². The molecule has 6 nitrogen and oxygen atoms in total. The van der Waals surface area contributed by atoms with Crippen molar-refractivity contribution in [3.8, 4) is 17.1 Å². The second kappa shape index (κ2) is 12.1. The van der Waals surface area contributed by atoms with Gasteiger partial charge in [-0.1, -0.05) is 48.0 Å². The third kappa shape index (κ3) is 7.41. The molecule has 0 bridgehead atoms. The Morgan fingerprint density at radius 3 is 2.55 bits per heavy atom. The second-order valence-corrected chi connectivity index (χ2v) is 6.27. The molecular formula is C22H27IN4O2. The Kier molecular flexibility index (Phi) is 9.49. The first kappa shape index (κ1) is 22.7. The number of hydrogen-bond acceptors (Lipinski definition) is 4. The third-order valence-electron chi connectivity index (χ3n) is 4.01. The van der Waals surface area contributed by atoms with Gasteiger partial charge >= 0.3 is 0 Å². The molecule has 1 heterocycles. The molecule has 0 atom stereocenters. The van der Waals surface area contributed by atoms with Gasteiger partial charge in [-0.25, -0.2) is 9.98 Å². The summed E-state index contributed by atoms with van der Waals surface area (Å²) in [6, 6.07) is 17.9. The largest absolute Gasteiger partial charge is 0.492 e. The molecule has 0 saturated carbocycles. The molecule has 0 saturated heterocycles. The van der Waals surface area contributed by atoms with Crippen LogP contribution in [0.25, 0.3) is 11.3 Å². The molecule has 0 unspecified atom stereocenters. The van der Waals surface area contributed by atoms with E-state index in [2.05, 4.69) is 39.7 Å². The zero-order valence-corrected chi connectivity index (χ0v) is 19.1. The van der Waals surface area contributed by atoms with Gasteiger partial charge in [0.05, 0.1) is 12.7 Å². The lowest BCUT2D eigenvalue weighted by Gasteiger charge is -2.11. The van der Waals surface area contributed by atoms with Gasteiger partial charge in [0.2, 0.25) is 5.89 Å². The van der Waals surface area contributed by atoms with E-state index in [4.69, 9.17) is 9.15 Å². The molecule has 0 aliphatic carbocycles. The van der Waals surface area contributed by atoms with Gasteiger partial charge in [-0.2, -0.15) is 0 Å². The number of hydrogen-bond donors (Lipinski definition) is 2. The van der Waals surface area contributed by atoms with E-state index in [1.165, 1.54) is 5.56 Å². The number of rotatable bonds is 8. The van der Waals surface area contributed by atoms with Crippen LogP contribution in [0.2, 0.25) is 0 Å². The van der Waals surface area contributed by atoms with Crippen LogP contribution >= 0.6 is 24.0 Å². The summed E-state index contributed by atoms with van der Waals surface area (Å²) in [5, 5.41) is 6.46. The summed E-state index contributed by atoms with van der Waals surface area (Å²) in [4.78, 5) is 8.86. The van der Waals surface area contributed by atoms with Crippen molar-refractivity contribution >= 4 is 29.9 Å². The minimum Gasteiger partial charge on any atom is -0.492 e. The van der Waals surface area contributed by atoms with E-state index in [9.17, 15) is 0 Å². The highest BCUT2D eigenvalue weighted by Crippen LogP contribution is 2.21. The third-order valence-corrected chi connectivity index (χ3v) is 4.01. The smallest absolute Gasteiger partial charge is 0.216 e.